The van der Waals surface area contributed by atoms with Gasteiger partial charge in [-0.2, -0.15) is 0 Å². The van der Waals surface area contributed by atoms with E-state index >= 15 is 0 Å². The fraction of sp³-hybridized carbons (Fsp3) is 0.714. The van der Waals surface area contributed by atoms with Crippen molar-refractivity contribution in [2.45, 2.75) is 80.1 Å². The molecule has 3 saturated carbocycles. The minimum Gasteiger partial charge on any atom is -0.358 e. The zero-order valence-corrected chi connectivity index (χ0v) is 25.1. The van der Waals surface area contributed by atoms with Gasteiger partial charge in [0.25, 0.3) is 0 Å². The van der Waals surface area contributed by atoms with Gasteiger partial charge in [0.15, 0.2) is 0 Å². The zero-order chi connectivity index (χ0) is 17.4. The molecule has 0 aromatic carbocycles. The summed E-state index contributed by atoms with van der Waals surface area (Å²) in [5, 5.41) is 0. The van der Waals surface area contributed by atoms with Crippen LogP contribution in [0.15, 0.2) is 23.3 Å². The van der Waals surface area contributed by atoms with Crippen LogP contribution in [0.25, 0.3) is 0 Å². The Morgan fingerprint density at radius 2 is 1.10 bits per heavy atom. The van der Waals surface area contributed by atoms with Crippen molar-refractivity contribution in [2.75, 3.05) is 0 Å². The van der Waals surface area contributed by atoms with Gasteiger partial charge in [-0.05, 0) is 90.6 Å². The van der Waals surface area contributed by atoms with Gasteiger partial charge in [0.05, 0.1) is 0 Å². The smallest absolute Gasteiger partial charge is 0.358 e. The summed E-state index contributed by atoms with van der Waals surface area (Å²) in [6.45, 7) is 14.4. The van der Waals surface area contributed by atoms with Crippen LogP contribution in [-0.2, 0) is 25.8 Å². The summed E-state index contributed by atoms with van der Waals surface area (Å²) >= 11 is 0. The number of hydrogen-bond acceptors (Lipinski definition) is 0. The Morgan fingerprint density at radius 3 is 1.52 bits per heavy atom. The van der Waals surface area contributed by atoms with Crippen LogP contribution < -0.4 is 0 Å². The van der Waals surface area contributed by atoms with E-state index in [-0.39, 0.29) is 55.5 Å². The zero-order valence-electron chi connectivity index (χ0n) is 21.5. The molecule has 0 spiro atoms. The number of hydrogen-bond donors (Lipinski definition) is 0. The van der Waals surface area contributed by atoms with Crippen molar-refractivity contribution in [1.82, 2.24) is 0 Å². The van der Waals surface area contributed by atoms with Gasteiger partial charge in [-0.3, -0.25) is 0 Å². The van der Waals surface area contributed by atoms with Crippen molar-refractivity contribution in [3.8, 4) is 0 Å². The van der Waals surface area contributed by atoms with Crippen LogP contribution in [0.4, 0.5) is 0 Å². The third kappa shape index (κ3) is 6.92. The minimum absolute atomic E-state index is 0. The molecule has 0 heterocycles. The van der Waals surface area contributed by atoms with Crippen LogP contribution in [-0.4, -0.2) is 0 Å². The monoisotopic (exact) mass is 568 g/mol. The molecule has 0 aliphatic heterocycles. The van der Waals surface area contributed by atoms with E-state index in [4.69, 9.17) is 0 Å². The van der Waals surface area contributed by atoms with Crippen molar-refractivity contribution in [3.63, 3.8) is 0 Å². The third-order valence-corrected chi connectivity index (χ3v) is 8.69. The van der Waals surface area contributed by atoms with Crippen LogP contribution >= 0.6 is 0 Å². The molecule has 4 rings (SSSR count). The molecule has 0 radical (unpaired) electrons. The van der Waals surface area contributed by atoms with Crippen molar-refractivity contribution in [3.05, 3.63) is 53.0 Å². The van der Waals surface area contributed by atoms with Gasteiger partial charge in [0.1, 0.15) is 0 Å². The van der Waals surface area contributed by atoms with E-state index in [1.165, 1.54) is 38.5 Å². The summed E-state index contributed by atoms with van der Waals surface area (Å²) in [4.78, 5) is 0. The Bertz CT molecular complexity index is 458. The Balaban J connectivity index is -0.000000414. The average Bonchev–Trinajstić information content (AvgIpc) is 3.25. The molecule has 4 aliphatic carbocycles. The molecule has 1 heteroatoms. The first-order chi connectivity index (χ1) is 11.4. The first-order valence-corrected chi connectivity index (χ1v) is 10.9. The molecule has 0 aromatic heterocycles. The largest absolute Gasteiger partial charge is 4.00 e. The van der Waals surface area contributed by atoms with Gasteiger partial charge < -0.3 is 29.7 Å². The molecule has 168 valence electrons. The van der Waals surface area contributed by atoms with E-state index in [1.807, 2.05) is 0 Å². The Labute approximate surface area is 205 Å². The summed E-state index contributed by atoms with van der Waals surface area (Å²) in [5.74, 6) is 7.49. The van der Waals surface area contributed by atoms with E-state index in [0.717, 1.165) is 47.3 Å². The van der Waals surface area contributed by atoms with E-state index in [2.05, 4.69) is 53.7 Å². The molecule has 0 amide bonds. The molecule has 0 N–H and O–H groups in total. The summed E-state index contributed by atoms with van der Waals surface area (Å²) in [5.41, 5.74) is 3.43. The molecule has 29 heavy (non-hydrogen) atoms. The third-order valence-electron chi connectivity index (χ3n) is 8.69. The minimum atomic E-state index is 0. The van der Waals surface area contributed by atoms with Crippen LogP contribution in [0.2, 0.25) is 0 Å². The molecular weight excluding hydrogens is 515 g/mol. The maximum atomic E-state index is 2.65. The fourth-order valence-corrected chi connectivity index (χ4v) is 6.13. The van der Waals surface area contributed by atoms with E-state index < -0.39 is 0 Å². The summed E-state index contributed by atoms with van der Waals surface area (Å²) in [7, 11) is 0. The Hall–Kier alpha value is 0.350. The number of fused-ring (bicyclic) bond motifs is 2. The first kappa shape index (κ1) is 34.0. The van der Waals surface area contributed by atoms with Gasteiger partial charge in [-0.15, -0.1) is 0 Å². The first-order valence-electron chi connectivity index (χ1n) is 10.9. The van der Waals surface area contributed by atoms with Crippen molar-refractivity contribution < 1.29 is 25.8 Å². The number of allylic oxidation sites excluding steroid dienone is 4. The van der Waals surface area contributed by atoms with E-state index in [0.29, 0.717) is 0 Å². The molecule has 3 unspecified atom stereocenters. The number of rotatable bonds is 1. The van der Waals surface area contributed by atoms with Crippen LogP contribution in [0.5, 0.6) is 0 Å². The standard InChI is InChI=1S/C14H20.C10H20.4CH3.Hf/c1-2-10-6-7-13-8-11-4-3-5-12(11)9-14(10)13;1-6-7(2)9(4)10(5)8(6)3;;;;;/h8-10,13-14H,2-7H2,1H3;6-10H,1-5H3;4*1H3;/q;;4*-1;+4. The van der Waals surface area contributed by atoms with Gasteiger partial charge >= 0.3 is 25.8 Å². The molecule has 3 fully saturated rings. The van der Waals surface area contributed by atoms with E-state index in [1.54, 1.807) is 11.1 Å². The van der Waals surface area contributed by atoms with Gasteiger partial charge in [0.2, 0.25) is 0 Å². The second-order valence-corrected chi connectivity index (χ2v) is 9.52. The van der Waals surface area contributed by atoms with Gasteiger partial charge in [-0.1, -0.05) is 60.1 Å². The van der Waals surface area contributed by atoms with Crippen LogP contribution in [0.3, 0.4) is 0 Å². The average molecular weight is 567 g/mol. The topological polar surface area (TPSA) is 0 Å². The summed E-state index contributed by atoms with van der Waals surface area (Å²) in [6, 6.07) is 0. The summed E-state index contributed by atoms with van der Waals surface area (Å²) < 4.78 is 0. The maximum Gasteiger partial charge on any atom is 4.00 e. The summed E-state index contributed by atoms with van der Waals surface area (Å²) in [6.07, 6.45) is 13.7. The molecule has 0 bridgehead atoms. The van der Waals surface area contributed by atoms with Crippen LogP contribution in [0.1, 0.15) is 80.1 Å². The van der Waals surface area contributed by atoms with Gasteiger partial charge in [0, 0.05) is 0 Å². The normalized spacial score (nSPS) is 38.6. The van der Waals surface area contributed by atoms with Crippen LogP contribution in [0, 0.1) is 77.0 Å². The molecule has 0 saturated heterocycles. The second-order valence-electron chi connectivity index (χ2n) is 9.52. The van der Waals surface area contributed by atoms with Crippen molar-refractivity contribution in [2.24, 2.45) is 47.3 Å². The SMILES string of the molecule is CC1C(C)C(C)C(C)C1C.CCC1CCC2C=C3CCCC3=CC21.[CH3-].[CH3-].[CH3-].[CH3-].[Hf+4]. The molecular formula is C28H52Hf. The second kappa shape index (κ2) is 14.4. The van der Waals surface area contributed by atoms with Gasteiger partial charge in [-0.25, -0.2) is 0 Å². The predicted molar refractivity (Wildman–Crippen MR) is 131 cm³/mol. The molecule has 0 aromatic rings. The van der Waals surface area contributed by atoms with Crippen molar-refractivity contribution in [1.29, 1.82) is 0 Å². The van der Waals surface area contributed by atoms with E-state index in [9.17, 15) is 0 Å². The molecule has 4 aliphatic rings. The molecule has 0 nitrogen and oxygen atoms in total. The Morgan fingerprint density at radius 1 is 0.690 bits per heavy atom. The maximum absolute atomic E-state index is 2.65. The Kier molecular flexibility index (Phi) is 16.9. The predicted octanol–water partition coefficient (Wildman–Crippen LogP) is 9.07. The van der Waals surface area contributed by atoms with Crippen molar-refractivity contribution >= 4 is 0 Å². The molecule has 3 atom stereocenters. The quantitative estimate of drug-likeness (QED) is 0.219. The fourth-order valence-electron chi connectivity index (χ4n) is 6.13.